The molecular weight excluding hydrogens is 224 g/mol. The molecule has 0 aromatic heterocycles. The summed E-state index contributed by atoms with van der Waals surface area (Å²) in [5.41, 5.74) is 0. The summed E-state index contributed by atoms with van der Waals surface area (Å²) in [4.78, 5) is 22.3. The first-order chi connectivity index (χ1) is 7.92. The zero-order chi connectivity index (χ0) is 13.4. The molecule has 0 bridgehead atoms. The number of ether oxygens (including phenoxy) is 1. The number of carbonyl (C=O) groups excluding carboxylic acids is 2. The summed E-state index contributed by atoms with van der Waals surface area (Å²) in [5.74, 6) is -0.573. The lowest BCUT2D eigenvalue weighted by molar-refractivity contribution is -0.144. The van der Waals surface area contributed by atoms with E-state index >= 15 is 0 Å². The minimum atomic E-state index is -0.731. The van der Waals surface area contributed by atoms with Crippen LogP contribution in [-0.4, -0.2) is 49.3 Å². The number of aliphatic hydroxyl groups excluding tert-OH is 1. The normalized spacial score (nSPS) is 14.2. The Balaban J connectivity index is 4.33. The lowest BCUT2D eigenvalue weighted by atomic mass is 10.1. The first kappa shape index (κ1) is 15.9. The van der Waals surface area contributed by atoms with E-state index in [9.17, 15) is 9.59 Å². The van der Waals surface area contributed by atoms with Crippen molar-refractivity contribution in [2.24, 2.45) is 5.92 Å². The van der Waals surface area contributed by atoms with Crippen LogP contribution in [0.15, 0.2) is 0 Å². The summed E-state index contributed by atoms with van der Waals surface area (Å²) in [7, 11) is 1.27. The van der Waals surface area contributed by atoms with Crippen LogP contribution in [0.5, 0.6) is 0 Å². The fourth-order valence-corrected chi connectivity index (χ4v) is 1.36. The maximum Gasteiger partial charge on any atom is 0.329 e. The summed E-state index contributed by atoms with van der Waals surface area (Å²) >= 11 is 0. The molecule has 0 saturated carbocycles. The van der Waals surface area contributed by atoms with E-state index in [1.54, 1.807) is 0 Å². The van der Waals surface area contributed by atoms with E-state index < -0.39 is 12.0 Å². The van der Waals surface area contributed by atoms with Gasteiger partial charge in [-0.1, -0.05) is 13.8 Å². The molecular formula is C11H22N2O4. The van der Waals surface area contributed by atoms with Crippen molar-refractivity contribution in [1.82, 2.24) is 10.6 Å². The number of amides is 1. The molecule has 0 aliphatic rings. The zero-order valence-corrected chi connectivity index (χ0v) is 10.8. The number of hydrogen-bond acceptors (Lipinski definition) is 5. The summed E-state index contributed by atoms with van der Waals surface area (Å²) in [6.45, 7) is 5.46. The molecule has 0 rings (SSSR count). The summed E-state index contributed by atoms with van der Waals surface area (Å²) < 4.78 is 4.58. The van der Waals surface area contributed by atoms with Crippen LogP contribution in [0.2, 0.25) is 0 Å². The Hall–Kier alpha value is -1.14. The van der Waals surface area contributed by atoms with Gasteiger partial charge < -0.3 is 20.5 Å². The molecule has 0 aromatic rings. The van der Waals surface area contributed by atoms with Gasteiger partial charge in [0.05, 0.1) is 13.7 Å². The Morgan fingerprint density at radius 2 is 1.94 bits per heavy atom. The van der Waals surface area contributed by atoms with Crippen LogP contribution >= 0.6 is 0 Å². The van der Waals surface area contributed by atoms with E-state index in [0.717, 1.165) is 0 Å². The molecule has 3 N–H and O–H groups in total. The highest BCUT2D eigenvalue weighted by atomic mass is 16.5. The maximum atomic E-state index is 11.4. The lowest BCUT2D eigenvalue weighted by Gasteiger charge is -2.23. The van der Waals surface area contributed by atoms with Crippen LogP contribution < -0.4 is 10.6 Å². The van der Waals surface area contributed by atoms with Gasteiger partial charge in [-0.25, -0.2) is 4.79 Å². The van der Waals surface area contributed by atoms with Crippen molar-refractivity contribution < 1.29 is 19.4 Å². The highest BCUT2D eigenvalue weighted by Gasteiger charge is 2.22. The smallest absolute Gasteiger partial charge is 0.329 e. The largest absolute Gasteiger partial charge is 0.467 e. The van der Waals surface area contributed by atoms with Gasteiger partial charge in [0.2, 0.25) is 5.91 Å². The predicted octanol–water partition coefficient (Wildman–Crippen LogP) is -0.729. The van der Waals surface area contributed by atoms with E-state index in [2.05, 4.69) is 15.4 Å². The molecule has 2 atom stereocenters. The third-order valence-corrected chi connectivity index (χ3v) is 2.45. The third kappa shape index (κ3) is 6.23. The average molecular weight is 246 g/mol. The SMILES string of the molecule is COC(=O)C(CNC(CO)C(C)C)NC(C)=O. The zero-order valence-electron chi connectivity index (χ0n) is 10.8. The van der Waals surface area contributed by atoms with Gasteiger partial charge in [0, 0.05) is 19.5 Å². The molecule has 0 saturated heterocycles. The van der Waals surface area contributed by atoms with Crippen LogP contribution in [-0.2, 0) is 14.3 Å². The van der Waals surface area contributed by atoms with Crippen LogP contribution in [0.1, 0.15) is 20.8 Å². The molecule has 0 fully saturated rings. The lowest BCUT2D eigenvalue weighted by Crippen LogP contribution is -2.50. The molecule has 0 heterocycles. The third-order valence-electron chi connectivity index (χ3n) is 2.45. The molecule has 0 radical (unpaired) electrons. The van der Waals surface area contributed by atoms with Gasteiger partial charge in [0.1, 0.15) is 6.04 Å². The molecule has 0 aromatic carbocycles. The molecule has 100 valence electrons. The Labute approximate surface area is 102 Å². The van der Waals surface area contributed by atoms with Crippen LogP contribution in [0.3, 0.4) is 0 Å². The molecule has 6 nitrogen and oxygen atoms in total. The van der Waals surface area contributed by atoms with Gasteiger partial charge in [-0.2, -0.15) is 0 Å². The van der Waals surface area contributed by atoms with Gasteiger partial charge in [-0.3, -0.25) is 4.79 Å². The van der Waals surface area contributed by atoms with E-state index in [4.69, 9.17) is 5.11 Å². The molecule has 1 amide bonds. The molecule has 0 spiro atoms. The topological polar surface area (TPSA) is 87.7 Å². The quantitative estimate of drug-likeness (QED) is 0.516. The van der Waals surface area contributed by atoms with Crippen molar-refractivity contribution in [3.05, 3.63) is 0 Å². The highest BCUT2D eigenvalue weighted by Crippen LogP contribution is 2.00. The molecule has 0 aliphatic heterocycles. The predicted molar refractivity (Wildman–Crippen MR) is 63.3 cm³/mol. The van der Waals surface area contributed by atoms with Crippen molar-refractivity contribution >= 4 is 11.9 Å². The van der Waals surface area contributed by atoms with E-state index in [-0.39, 0.29) is 31.0 Å². The second-order valence-electron chi connectivity index (χ2n) is 4.22. The standard InChI is InChI=1S/C11H22N2O4/c1-7(2)10(6-14)12-5-9(11(16)17-4)13-8(3)15/h7,9-10,12,14H,5-6H2,1-4H3,(H,13,15). The monoisotopic (exact) mass is 246 g/mol. The van der Waals surface area contributed by atoms with Crippen molar-refractivity contribution in [1.29, 1.82) is 0 Å². The molecule has 6 heteroatoms. The first-order valence-electron chi connectivity index (χ1n) is 5.61. The fourth-order valence-electron chi connectivity index (χ4n) is 1.36. The van der Waals surface area contributed by atoms with E-state index in [0.29, 0.717) is 0 Å². The van der Waals surface area contributed by atoms with Crippen molar-refractivity contribution in [2.75, 3.05) is 20.3 Å². The van der Waals surface area contributed by atoms with E-state index in [1.165, 1.54) is 14.0 Å². The fraction of sp³-hybridized carbons (Fsp3) is 0.818. The molecule has 17 heavy (non-hydrogen) atoms. The number of esters is 1. The molecule has 2 unspecified atom stereocenters. The first-order valence-corrected chi connectivity index (χ1v) is 5.61. The second-order valence-corrected chi connectivity index (χ2v) is 4.22. The second kappa shape index (κ2) is 8.03. The molecule has 0 aliphatic carbocycles. The highest BCUT2D eigenvalue weighted by molar-refractivity contribution is 5.83. The summed E-state index contributed by atoms with van der Waals surface area (Å²) in [5, 5.41) is 14.6. The number of hydrogen-bond donors (Lipinski definition) is 3. The Bertz CT molecular complexity index is 256. The van der Waals surface area contributed by atoms with Gasteiger partial charge >= 0.3 is 5.97 Å². The summed E-state index contributed by atoms with van der Waals surface area (Å²) in [6, 6.07) is -0.846. The van der Waals surface area contributed by atoms with Gasteiger partial charge in [0.15, 0.2) is 0 Å². The van der Waals surface area contributed by atoms with Crippen LogP contribution in [0.25, 0.3) is 0 Å². The minimum absolute atomic E-state index is 0.0222. The number of nitrogens with one attached hydrogen (secondary N) is 2. The Kier molecular flexibility index (Phi) is 7.49. The average Bonchev–Trinajstić information content (AvgIpc) is 2.26. The number of carbonyl (C=O) groups is 2. The minimum Gasteiger partial charge on any atom is -0.467 e. The van der Waals surface area contributed by atoms with Gasteiger partial charge in [-0.15, -0.1) is 0 Å². The number of aliphatic hydroxyl groups is 1. The van der Waals surface area contributed by atoms with E-state index in [1.807, 2.05) is 13.8 Å². The Morgan fingerprint density at radius 1 is 1.35 bits per heavy atom. The van der Waals surface area contributed by atoms with Crippen LogP contribution in [0, 0.1) is 5.92 Å². The van der Waals surface area contributed by atoms with Gasteiger partial charge in [0.25, 0.3) is 0 Å². The summed E-state index contributed by atoms with van der Waals surface area (Å²) in [6.07, 6.45) is 0. The van der Waals surface area contributed by atoms with Crippen molar-refractivity contribution in [3.63, 3.8) is 0 Å². The van der Waals surface area contributed by atoms with Gasteiger partial charge in [-0.05, 0) is 5.92 Å². The van der Waals surface area contributed by atoms with Crippen LogP contribution in [0.4, 0.5) is 0 Å². The number of rotatable bonds is 7. The Morgan fingerprint density at radius 3 is 2.29 bits per heavy atom. The van der Waals surface area contributed by atoms with Crippen molar-refractivity contribution in [3.8, 4) is 0 Å². The number of methoxy groups -OCH3 is 1. The van der Waals surface area contributed by atoms with Crippen molar-refractivity contribution in [2.45, 2.75) is 32.9 Å². The maximum absolute atomic E-state index is 11.4.